The lowest BCUT2D eigenvalue weighted by Gasteiger charge is -2.17. The second-order valence-corrected chi connectivity index (χ2v) is 6.33. The highest BCUT2D eigenvalue weighted by Crippen LogP contribution is 2.44. The van der Waals surface area contributed by atoms with Crippen molar-refractivity contribution in [1.29, 1.82) is 5.26 Å². The minimum atomic E-state index is 0.184. The number of nitrogen functional groups attached to an aromatic ring is 1. The van der Waals surface area contributed by atoms with Crippen molar-refractivity contribution in [2.45, 2.75) is 0 Å². The van der Waals surface area contributed by atoms with Crippen LogP contribution in [0.25, 0.3) is 22.3 Å². The molecule has 6 heteroatoms. The van der Waals surface area contributed by atoms with Gasteiger partial charge in [-0.2, -0.15) is 5.26 Å². The maximum Gasteiger partial charge on any atom is 0.161 e. The number of nitrogens with zero attached hydrogens (tertiary/aromatic N) is 2. The third kappa shape index (κ3) is 3.09. The van der Waals surface area contributed by atoms with E-state index in [0.717, 1.165) is 21.2 Å². The Labute approximate surface area is 160 Å². The zero-order chi connectivity index (χ0) is 18.7. The van der Waals surface area contributed by atoms with Crippen molar-refractivity contribution >= 4 is 21.7 Å². The van der Waals surface area contributed by atoms with Gasteiger partial charge in [0.15, 0.2) is 11.5 Å². The van der Waals surface area contributed by atoms with Gasteiger partial charge >= 0.3 is 0 Å². The first-order valence-electron chi connectivity index (χ1n) is 7.76. The molecule has 0 saturated carbocycles. The number of hydrogen-bond acceptors (Lipinski definition) is 5. The van der Waals surface area contributed by atoms with Gasteiger partial charge in [-0.25, -0.2) is 4.98 Å². The van der Waals surface area contributed by atoms with Gasteiger partial charge in [0.25, 0.3) is 0 Å². The first kappa shape index (κ1) is 17.8. The number of pyridine rings is 1. The molecule has 0 saturated heterocycles. The van der Waals surface area contributed by atoms with Crippen LogP contribution in [0, 0.1) is 11.3 Å². The zero-order valence-corrected chi connectivity index (χ0v) is 15.9. The number of benzene rings is 2. The summed E-state index contributed by atoms with van der Waals surface area (Å²) in [5.74, 6) is 1.33. The molecule has 3 rings (SSSR count). The smallest absolute Gasteiger partial charge is 0.161 e. The van der Waals surface area contributed by atoms with E-state index >= 15 is 0 Å². The number of anilines is 1. The standard InChI is InChI=1S/C20H16BrN3O2/c1-25-17-8-13(16(21)9-18(17)26-2)19-14(10-22)20(23)24-11-15(19)12-6-4-3-5-7-12/h3-9,11H,1-2H3,(H2,23,24). The molecule has 0 amide bonds. The van der Waals surface area contributed by atoms with E-state index in [-0.39, 0.29) is 5.82 Å². The SMILES string of the molecule is COc1cc(Br)c(-c2c(-c3ccccc3)cnc(N)c2C#N)cc1OC. The minimum absolute atomic E-state index is 0.184. The summed E-state index contributed by atoms with van der Waals surface area (Å²) in [5.41, 5.74) is 9.52. The van der Waals surface area contributed by atoms with Gasteiger partial charge in [-0.05, 0) is 17.7 Å². The van der Waals surface area contributed by atoms with Crippen molar-refractivity contribution in [1.82, 2.24) is 4.98 Å². The van der Waals surface area contributed by atoms with Crippen LogP contribution in [0.3, 0.4) is 0 Å². The molecule has 1 aromatic heterocycles. The predicted octanol–water partition coefficient (Wildman–Crippen LogP) is 4.65. The Morgan fingerprint density at radius 3 is 2.31 bits per heavy atom. The van der Waals surface area contributed by atoms with Crippen LogP contribution in [0.5, 0.6) is 11.5 Å². The molecule has 5 nitrogen and oxygen atoms in total. The van der Waals surface area contributed by atoms with Crippen LogP contribution in [0.15, 0.2) is 53.1 Å². The Hall–Kier alpha value is -3.04. The van der Waals surface area contributed by atoms with E-state index in [2.05, 4.69) is 27.0 Å². The van der Waals surface area contributed by atoms with Gasteiger partial charge < -0.3 is 15.2 Å². The van der Waals surface area contributed by atoms with Gasteiger partial charge in [0.2, 0.25) is 0 Å². The number of hydrogen-bond donors (Lipinski definition) is 1. The first-order valence-corrected chi connectivity index (χ1v) is 8.55. The van der Waals surface area contributed by atoms with Crippen LogP contribution in [0.4, 0.5) is 5.82 Å². The summed E-state index contributed by atoms with van der Waals surface area (Å²) < 4.78 is 11.5. The molecule has 0 fully saturated rings. The highest BCUT2D eigenvalue weighted by Gasteiger charge is 2.20. The molecule has 3 aromatic rings. The zero-order valence-electron chi connectivity index (χ0n) is 14.3. The van der Waals surface area contributed by atoms with Gasteiger partial charge in [-0.15, -0.1) is 0 Å². The van der Waals surface area contributed by atoms with Crippen molar-refractivity contribution in [2.75, 3.05) is 20.0 Å². The van der Waals surface area contributed by atoms with E-state index in [1.165, 1.54) is 0 Å². The first-order chi connectivity index (χ1) is 12.6. The number of halogens is 1. The lowest BCUT2D eigenvalue weighted by Crippen LogP contribution is -2.01. The number of nitrogens with two attached hydrogens (primary N) is 1. The van der Waals surface area contributed by atoms with Crippen molar-refractivity contribution in [3.8, 4) is 39.8 Å². The molecule has 0 bridgehead atoms. The van der Waals surface area contributed by atoms with Gasteiger partial charge in [-0.3, -0.25) is 0 Å². The highest BCUT2D eigenvalue weighted by atomic mass is 79.9. The van der Waals surface area contributed by atoms with Crippen LogP contribution in [0.2, 0.25) is 0 Å². The number of methoxy groups -OCH3 is 2. The lowest BCUT2D eigenvalue weighted by atomic mass is 9.92. The molecular formula is C20H16BrN3O2. The van der Waals surface area contributed by atoms with Crippen LogP contribution in [-0.2, 0) is 0 Å². The van der Waals surface area contributed by atoms with Crippen LogP contribution in [0.1, 0.15) is 5.56 Å². The van der Waals surface area contributed by atoms with E-state index in [1.54, 1.807) is 26.5 Å². The third-order valence-electron chi connectivity index (χ3n) is 4.05. The summed E-state index contributed by atoms with van der Waals surface area (Å²) in [6.07, 6.45) is 1.68. The summed E-state index contributed by atoms with van der Waals surface area (Å²) in [6, 6.07) is 15.6. The van der Waals surface area contributed by atoms with E-state index in [4.69, 9.17) is 15.2 Å². The average Bonchev–Trinajstić information content (AvgIpc) is 2.68. The Balaban J connectivity index is 2.38. The van der Waals surface area contributed by atoms with Gasteiger partial charge in [0.1, 0.15) is 17.5 Å². The Morgan fingerprint density at radius 1 is 1.04 bits per heavy atom. The Kier molecular flexibility index (Phi) is 5.10. The molecule has 130 valence electrons. The van der Waals surface area contributed by atoms with E-state index in [1.807, 2.05) is 36.4 Å². The summed E-state index contributed by atoms with van der Waals surface area (Å²) in [4.78, 5) is 4.20. The summed E-state index contributed by atoms with van der Waals surface area (Å²) >= 11 is 3.58. The quantitative estimate of drug-likeness (QED) is 0.677. The second-order valence-electron chi connectivity index (χ2n) is 5.47. The largest absolute Gasteiger partial charge is 0.493 e. The number of rotatable bonds is 4. The molecule has 0 aliphatic carbocycles. The monoisotopic (exact) mass is 409 g/mol. The number of nitriles is 1. The predicted molar refractivity (Wildman–Crippen MR) is 105 cm³/mol. The molecule has 0 spiro atoms. The fourth-order valence-electron chi connectivity index (χ4n) is 2.80. The van der Waals surface area contributed by atoms with Crippen molar-refractivity contribution in [3.05, 3.63) is 58.7 Å². The summed E-state index contributed by atoms with van der Waals surface area (Å²) in [5, 5.41) is 9.71. The number of aromatic nitrogens is 1. The van der Waals surface area contributed by atoms with Crippen molar-refractivity contribution < 1.29 is 9.47 Å². The lowest BCUT2D eigenvalue weighted by molar-refractivity contribution is 0.355. The molecule has 0 atom stereocenters. The normalized spacial score (nSPS) is 10.2. The maximum absolute atomic E-state index is 9.71. The maximum atomic E-state index is 9.71. The van der Waals surface area contributed by atoms with E-state index in [0.29, 0.717) is 22.6 Å². The minimum Gasteiger partial charge on any atom is -0.493 e. The molecule has 1 heterocycles. The molecule has 26 heavy (non-hydrogen) atoms. The van der Waals surface area contributed by atoms with Crippen molar-refractivity contribution in [2.24, 2.45) is 0 Å². The number of ether oxygens (including phenoxy) is 2. The van der Waals surface area contributed by atoms with Crippen LogP contribution >= 0.6 is 15.9 Å². The van der Waals surface area contributed by atoms with E-state index < -0.39 is 0 Å². The molecular weight excluding hydrogens is 394 g/mol. The Morgan fingerprint density at radius 2 is 1.69 bits per heavy atom. The molecule has 0 aliphatic rings. The fraction of sp³-hybridized carbons (Fsp3) is 0.100. The third-order valence-corrected chi connectivity index (χ3v) is 4.70. The van der Waals surface area contributed by atoms with Crippen molar-refractivity contribution in [3.63, 3.8) is 0 Å². The van der Waals surface area contributed by atoms with Gasteiger partial charge in [0, 0.05) is 27.4 Å². The van der Waals surface area contributed by atoms with Crippen LogP contribution in [-0.4, -0.2) is 19.2 Å². The summed E-state index contributed by atoms with van der Waals surface area (Å²) in [7, 11) is 3.14. The van der Waals surface area contributed by atoms with Crippen LogP contribution < -0.4 is 15.2 Å². The molecule has 2 N–H and O–H groups in total. The molecule has 0 radical (unpaired) electrons. The average molecular weight is 410 g/mol. The van der Waals surface area contributed by atoms with E-state index in [9.17, 15) is 5.26 Å². The van der Waals surface area contributed by atoms with Gasteiger partial charge in [-0.1, -0.05) is 46.3 Å². The molecule has 0 aliphatic heterocycles. The fourth-order valence-corrected chi connectivity index (χ4v) is 3.32. The Bertz CT molecular complexity index is 998. The molecule has 2 aromatic carbocycles. The van der Waals surface area contributed by atoms with Gasteiger partial charge in [0.05, 0.1) is 14.2 Å². The topological polar surface area (TPSA) is 81.2 Å². The molecule has 0 unspecified atom stereocenters. The summed E-state index contributed by atoms with van der Waals surface area (Å²) in [6.45, 7) is 0. The highest BCUT2D eigenvalue weighted by molar-refractivity contribution is 9.10. The second kappa shape index (κ2) is 7.46.